The molecule has 0 aliphatic carbocycles. The molecule has 0 aromatic heterocycles. The van der Waals surface area contributed by atoms with Gasteiger partial charge in [-0.05, 0) is 49.4 Å². The van der Waals surface area contributed by atoms with Crippen LogP contribution >= 0.6 is 0 Å². The molecular formula is C78H150O9. The van der Waals surface area contributed by atoms with Gasteiger partial charge in [-0.25, -0.2) is 0 Å². The van der Waals surface area contributed by atoms with Crippen LogP contribution in [0.3, 0.4) is 0 Å². The second-order valence-electron chi connectivity index (χ2n) is 28.8. The molecule has 516 valence electrons. The third kappa shape index (κ3) is 69.6. The Bertz CT molecular complexity index is 1350. The molecular weight excluding hydrogens is 1080 g/mol. The molecule has 0 aliphatic heterocycles. The van der Waals surface area contributed by atoms with Crippen LogP contribution in [0.25, 0.3) is 0 Å². The van der Waals surface area contributed by atoms with E-state index in [0.717, 1.165) is 101 Å². The Balaban J connectivity index is 5.22. The van der Waals surface area contributed by atoms with Crippen molar-refractivity contribution in [3.63, 3.8) is 0 Å². The Morgan fingerprint density at radius 2 is 0.368 bits per heavy atom. The Labute approximate surface area is 541 Å². The number of hydrogen-bond acceptors (Lipinski definition) is 9. The van der Waals surface area contributed by atoms with Crippen molar-refractivity contribution in [3.05, 3.63) is 0 Å². The Hall–Kier alpha value is -2.16. The molecule has 87 heavy (non-hydrogen) atoms. The van der Waals surface area contributed by atoms with Crippen LogP contribution in [0.15, 0.2) is 0 Å². The molecule has 0 saturated carbocycles. The van der Waals surface area contributed by atoms with E-state index < -0.39 is 12.2 Å². The summed E-state index contributed by atoms with van der Waals surface area (Å²) in [7, 11) is 0. The highest BCUT2D eigenvalue weighted by Gasteiger charge is 2.22. The molecule has 0 saturated heterocycles. The molecule has 9 nitrogen and oxygen atoms in total. The summed E-state index contributed by atoms with van der Waals surface area (Å²) in [5.74, 6) is 2.02. The predicted octanol–water partition coefficient (Wildman–Crippen LogP) is 24.4. The number of unbranched alkanes of at least 4 members (excludes halogenated alkanes) is 44. The maximum absolute atomic E-state index is 13.3. The van der Waals surface area contributed by atoms with Crippen LogP contribution in [0.2, 0.25) is 0 Å². The van der Waals surface area contributed by atoms with E-state index in [-0.39, 0.29) is 50.3 Å². The molecule has 0 aliphatic rings. The average Bonchev–Trinajstić information content (AvgIpc) is 3.53. The van der Waals surface area contributed by atoms with Gasteiger partial charge in [0.25, 0.3) is 0 Å². The fraction of sp³-hybridized carbons (Fsp3) is 0.949. The van der Waals surface area contributed by atoms with E-state index in [1.165, 1.54) is 257 Å². The minimum absolute atomic E-state index is 0.0339. The van der Waals surface area contributed by atoms with Crippen LogP contribution in [0.1, 0.15) is 415 Å². The molecule has 0 N–H and O–H groups in total. The maximum atomic E-state index is 13.3. The standard InChI is InChI=1S/C78H150O9/c1-69(2)57-49-41-33-25-17-9-13-21-29-37-45-53-61-75(79)84-67-73(86-77(81)63-55-47-39-31-23-15-11-19-27-35-43-51-59-71(5)6)65-83-66-74(87-78(82)64-56-48-40-32-24-16-12-20-28-36-44-52-60-72(7)8)68-85-76(80)62-54-46-38-30-22-14-10-18-26-34-42-50-58-70(3)4/h69-74H,9-68H2,1-8H3. The summed E-state index contributed by atoms with van der Waals surface area (Å²) in [6, 6.07) is 0. The number of carbonyl (C=O) groups excluding carboxylic acids is 4. The molecule has 0 bridgehead atoms. The second kappa shape index (κ2) is 66.8. The van der Waals surface area contributed by atoms with E-state index >= 15 is 0 Å². The van der Waals surface area contributed by atoms with Crippen LogP contribution in [0.4, 0.5) is 0 Å². The SMILES string of the molecule is CC(C)CCCCCCCCCCCCCCC(=O)OCC(COCC(COC(=O)CCCCCCCCCCCCCCC(C)C)OC(=O)CCCCCCCCCCCCCCC(C)C)OC(=O)CCCCCCCCCCCCCCC(C)C. The largest absolute Gasteiger partial charge is 0.462 e. The molecule has 2 atom stereocenters. The summed E-state index contributed by atoms with van der Waals surface area (Å²) in [4.78, 5) is 52.6. The third-order valence-corrected chi connectivity index (χ3v) is 17.7. The van der Waals surface area contributed by atoms with Gasteiger partial charge in [0.1, 0.15) is 13.2 Å². The predicted molar refractivity (Wildman–Crippen MR) is 370 cm³/mol. The highest BCUT2D eigenvalue weighted by molar-refractivity contribution is 5.71. The molecule has 0 aromatic carbocycles. The van der Waals surface area contributed by atoms with Gasteiger partial charge < -0.3 is 23.7 Å². The van der Waals surface area contributed by atoms with Gasteiger partial charge >= 0.3 is 23.9 Å². The zero-order valence-corrected chi connectivity index (χ0v) is 59.6. The smallest absolute Gasteiger partial charge is 0.306 e. The average molecular weight is 1230 g/mol. The van der Waals surface area contributed by atoms with Gasteiger partial charge in [0.15, 0.2) is 12.2 Å². The summed E-state index contributed by atoms with van der Waals surface area (Å²) >= 11 is 0. The second-order valence-corrected chi connectivity index (χ2v) is 28.8. The minimum atomic E-state index is -0.806. The van der Waals surface area contributed by atoms with Crippen molar-refractivity contribution in [2.24, 2.45) is 23.7 Å². The van der Waals surface area contributed by atoms with Crippen LogP contribution in [0.5, 0.6) is 0 Å². The number of hydrogen-bond donors (Lipinski definition) is 0. The zero-order chi connectivity index (χ0) is 63.7. The minimum Gasteiger partial charge on any atom is -0.462 e. The lowest BCUT2D eigenvalue weighted by molar-refractivity contribution is -0.169. The van der Waals surface area contributed by atoms with Gasteiger partial charge in [0, 0.05) is 25.7 Å². The molecule has 2 unspecified atom stereocenters. The van der Waals surface area contributed by atoms with Gasteiger partial charge in [-0.3, -0.25) is 19.2 Å². The first-order chi connectivity index (χ1) is 42.3. The fourth-order valence-electron chi connectivity index (χ4n) is 11.9. The number of ether oxygens (including phenoxy) is 5. The quantitative estimate of drug-likeness (QED) is 0.0334. The summed E-state index contributed by atoms with van der Waals surface area (Å²) < 4.78 is 29.4. The van der Waals surface area contributed by atoms with Gasteiger partial charge in [0.2, 0.25) is 0 Å². The van der Waals surface area contributed by atoms with Crippen LogP contribution < -0.4 is 0 Å². The molecule has 0 amide bonds. The molecule has 0 fully saturated rings. The van der Waals surface area contributed by atoms with Gasteiger partial charge in [-0.1, -0.05) is 364 Å². The molecule has 9 heteroatoms. The lowest BCUT2D eigenvalue weighted by Crippen LogP contribution is -2.34. The van der Waals surface area contributed by atoms with Crippen LogP contribution in [-0.4, -0.2) is 62.5 Å². The van der Waals surface area contributed by atoms with Gasteiger partial charge in [0.05, 0.1) is 13.2 Å². The summed E-state index contributed by atoms with van der Waals surface area (Å²) in [6.45, 7) is 18.2. The highest BCUT2D eigenvalue weighted by atomic mass is 16.6. The van der Waals surface area contributed by atoms with Gasteiger partial charge in [-0.2, -0.15) is 0 Å². The fourth-order valence-corrected chi connectivity index (χ4v) is 11.9. The molecule has 0 radical (unpaired) electrons. The molecule has 0 rings (SSSR count). The van der Waals surface area contributed by atoms with Crippen molar-refractivity contribution in [2.75, 3.05) is 26.4 Å². The van der Waals surface area contributed by atoms with Crippen LogP contribution in [0, 0.1) is 23.7 Å². The van der Waals surface area contributed by atoms with E-state index in [1.54, 1.807) is 0 Å². The van der Waals surface area contributed by atoms with Crippen molar-refractivity contribution in [3.8, 4) is 0 Å². The van der Waals surface area contributed by atoms with E-state index in [1.807, 2.05) is 0 Å². The Kier molecular flexibility index (Phi) is 65.1. The van der Waals surface area contributed by atoms with Crippen LogP contribution in [-0.2, 0) is 42.9 Å². The number of carbonyl (C=O) groups is 4. The number of rotatable bonds is 70. The topological polar surface area (TPSA) is 114 Å². The van der Waals surface area contributed by atoms with E-state index in [2.05, 4.69) is 55.4 Å². The van der Waals surface area contributed by atoms with E-state index in [0.29, 0.717) is 25.7 Å². The van der Waals surface area contributed by atoms with Crippen molar-refractivity contribution in [2.45, 2.75) is 427 Å². The van der Waals surface area contributed by atoms with Crippen molar-refractivity contribution in [1.82, 2.24) is 0 Å². The molecule has 0 aromatic rings. The van der Waals surface area contributed by atoms with Crippen molar-refractivity contribution < 1.29 is 42.9 Å². The first kappa shape index (κ1) is 84.8. The highest BCUT2D eigenvalue weighted by Crippen LogP contribution is 2.20. The van der Waals surface area contributed by atoms with Gasteiger partial charge in [-0.15, -0.1) is 0 Å². The summed E-state index contributed by atoms with van der Waals surface area (Å²) in [5.41, 5.74) is 0. The zero-order valence-electron chi connectivity index (χ0n) is 59.6. The Morgan fingerprint density at radius 1 is 0.207 bits per heavy atom. The molecule has 0 spiro atoms. The van der Waals surface area contributed by atoms with Crippen molar-refractivity contribution >= 4 is 23.9 Å². The summed E-state index contributed by atoms with van der Waals surface area (Å²) in [6.07, 6.45) is 63.9. The molecule has 0 heterocycles. The third-order valence-electron chi connectivity index (χ3n) is 17.7. The normalized spacial score (nSPS) is 12.5. The van der Waals surface area contributed by atoms with Crippen molar-refractivity contribution in [1.29, 1.82) is 0 Å². The monoisotopic (exact) mass is 1230 g/mol. The van der Waals surface area contributed by atoms with E-state index in [4.69, 9.17) is 23.7 Å². The lowest BCUT2D eigenvalue weighted by Gasteiger charge is -2.21. The first-order valence-electron chi connectivity index (χ1n) is 38.6. The lowest BCUT2D eigenvalue weighted by atomic mass is 10.0. The maximum Gasteiger partial charge on any atom is 0.306 e. The Morgan fingerprint density at radius 3 is 0.552 bits per heavy atom. The van der Waals surface area contributed by atoms with E-state index in [9.17, 15) is 19.2 Å². The first-order valence-corrected chi connectivity index (χ1v) is 38.6. The number of esters is 4. The summed E-state index contributed by atoms with van der Waals surface area (Å²) in [5, 5.41) is 0.